The SMILES string of the molecule is C=CC[C@@](C)(CCC(CC(=O)O)O[Si](C)(C)C(C)(C)C)O[Si](CC)(CC)CC. The Hall–Kier alpha value is -0.436. The highest BCUT2D eigenvalue weighted by molar-refractivity contribution is 6.74. The third-order valence-corrected chi connectivity index (χ3v) is 16.0. The van der Waals surface area contributed by atoms with E-state index in [4.69, 9.17) is 8.85 Å². The fourth-order valence-electron chi connectivity index (χ4n) is 3.45. The van der Waals surface area contributed by atoms with E-state index in [9.17, 15) is 9.90 Å². The first-order chi connectivity index (χ1) is 12.7. The summed E-state index contributed by atoms with van der Waals surface area (Å²) in [6.45, 7) is 23.7. The molecular weight excluding hydrogens is 384 g/mol. The van der Waals surface area contributed by atoms with Crippen LogP contribution in [0.25, 0.3) is 0 Å². The molecule has 1 N–H and O–H groups in total. The van der Waals surface area contributed by atoms with Crippen LogP contribution < -0.4 is 0 Å². The van der Waals surface area contributed by atoms with Gasteiger partial charge in [-0.15, -0.1) is 6.58 Å². The molecule has 0 saturated heterocycles. The van der Waals surface area contributed by atoms with Crippen LogP contribution in [0.1, 0.15) is 74.1 Å². The van der Waals surface area contributed by atoms with Gasteiger partial charge in [0, 0.05) is 0 Å². The molecule has 0 spiro atoms. The lowest BCUT2D eigenvalue weighted by atomic mass is 9.94. The normalized spacial score (nSPS) is 16.5. The van der Waals surface area contributed by atoms with Crippen molar-refractivity contribution in [2.45, 2.75) is 122 Å². The molecule has 6 heteroatoms. The molecule has 0 aromatic carbocycles. The number of hydrogen-bond acceptors (Lipinski definition) is 3. The van der Waals surface area contributed by atoms with Gasteiger partial charge in [0.15, 0.2) is 16.6 Å². The largest absolute Gasteiger partial charge is 0.481 e. The van der Waals surface area contributed by atoms with Crippen molar-refractivity contribution in [3.63, 3.8) is 0 Å². The van der Waals surface area contributed by atoms with E-state index in [0.717, 1.165) is 31.0 Å². The van der Waals surface area contributed by atoms with E-state index in [0.29, 0.717) is 6.42 Å². The van der Waals surface area contributed by atoms with Crippen LogP contribution in [0.4, 0.5) is 0 Å². The number of carbonyl (C=O) groups is 1. The van der Waals surface area contributed by atoms with Crippen molar-refractivity contribution in [2.24, 2.45) is 0 Å². The first-order valence-corrected chi connectivity index (χ1v) is 16.3. The zero-order valence-corrected chi connectivity index (χ0v) is 22.0. The Labute approximate surface area is 176 Å². The van der Waals surface area contributed by atoms with Crippen LogP contribution in [-0.2, 0) is 13.6 Å². The van der Waals surface area contributed by atoms with E-state index in [1.54, 1.807) is 0 Å². The molecule has 0 radical (unpaired) electrons. The predicted molar refractivity (Wildman–Crippen MR) is 125 cm³/mol. The Kier molecular flexibility index (Phi) is 10.9. The lowest BCUT2D eigenvalue weighted by Crippen LogP contribution is -2.47. The first-order valence-electron chi connectivity index (χ1n) is 10.9. The van der Waals surface area contributed by atoms with E-state index in [2.05, 4.69) is 68.1 Å². The molecule has 0 heterocycles. The number of hydrogen-bond donors (Lipinski definition) is 1. The Morgan fingerprint density at radius 3 is 1.96 bits per heavy atom. The molecule has 0 rings (SSSR count). The molecule has 0 aromatic rings. The topological polar surface area (TPSA) is 55.8 Å². The minimum Gasteiger partial charge on any atom is -0.481 e. The van der Waals surface area contributed by atoms with Crippen molar-refractivity contribution >= 4 is 22.6 Å². The number of carboxylic acid groups (broad SMARTS) is 1. The molecule has 28 heavy (non-hydrogen) atoms. The standard InChI is InChI=1S/C22H46O4Si2/c1-11-16-22(8,26-28(12-2,13-3)14-4)17-15-19(18-20(23)24)25-27(9,10)21(5,6)7/h11,19H,1,12-18H2,2-10H3,(H,23,24)/t19?,22-/m0/s1. The summed E-state index contributed by atoms with van der Waals surface area (Å²) in [6, 6.07) is 3.31. The molecule has 4 nitrogen and oxygen atoms in total. The minimum atomic E-state index is -2.03. The molecule has 0 aromatic heterocycles. The zero-order chi connectivity index (χ0) is 22.2. The Bertz CT molecular complexity index is 487. The van der Waals surface area contributed by atoms with Crippen molar-refractivity contribution in [3.05, 3.63) is 12.7 Å². The van der Waals surface area contributed by atoms with Gasteiger partial charge in [-0.3, -0.25) is 4.79 Å². The van der Waals surface area contributed by atoms with E-state index in [1.807, 2.05) is 6.08 Å². The predicted octanol–water partition coefficient (Wildman–Crippen LogP) is 6.99. The monoisotopic (exact) mass is 430 g/mol. The van der Waals surface area contributed by atoms with Crippen LogP contribution in [0, 0.1) is 0 Å². The maximum absolute atomic E-state index is 11.5. The molecule has 0 aliphatic rings. The Morgan fingerprint density at radius 1 is 1.11 bits per heavy atom. The Balaban J connectivity index is 5.43. The molecular formula is C22H46O4Si2. The second-order valence-electron chi connectivity index (χ2n) is 9.93. The van der Waals surface area contributed by atoms with Crippen LogP contribution in [-0.4, -0.2) is 39.4 Å². The summed E-state index contributed by atoms with van der Waals surface area (Å²) in [5.74, 6) is -0.797. The lowest BCUT2D eigenvalue weighted by molar-refractivity contribution is -0.139. The van der Waals surface area contributed by atoms with Gasteiger partial charge in [0.05, 0.1) is 18.1 Å². The van der Waals surface area contributed by atoms with Crippen LogP contribution in [0.15, 0.2) is 12.7 Å². The van der Waals surface area contributed by atoms with Crippen LogP contribution in [0.2, 0.25) is 36.3 Å². The maximum atomic E-state index is 11.5. The smallest absolute Gasteiger partial charge is 0.305 e. The first kappa shape index (κ1) is 27.6. The highest BCUT2D eigenvalue weighted by Gasteiger charge is 2.41. The van der Waals surface area contributed by atoms with E-state index in [-0.39, 0.29) is 23.2 Å². The van der Waals surface area contributed by atoms with E-state index in [1.165, 1.54) is 0 Å². The van der Waals surface area contributed by atoms with E-state index < -0.39 is 22.6 Å². The zero-order valence-electron chi connectivity index (χ0n) is 20.0. The van der Waals surface area contributed by atoms with Crippen LogP contribution in [0.5, 0.6) is 0 Å². The molecule has 0 amide bonds. The number of rotatable bonds is 14. The summed E-state index contributed by atoms with van der Waals surface area (Å²) >= 11 is 0. The van der Waals surface area contributed by atoms with Crippen molar-refractivity contribution in [3.8, 4) is 0 Å². The van der Waals surface area contributed by atoms with Gasteiger partial charge in [0.1, 0.15) is 0 Å². The summed E-state index contributed by atoms with van der Waals surface area (Å²) in [7, 11) is -3.80. The summed E-state index contributed by atoms with van der Waals surface area (Å²) < 4.78 is 13.3. The second-order valence-corrected chi connectivity index (χ2v) is 19.4. The van der Waals surface area contributed by atoms with Gasteiger partial charge >= 0.3 is 5.97 Å². The summed E-state index contributed by atoms with van der Waals surface area (Å²) in [6.07, 6.45) is 3.98. The summed E-state index contributed by atoms with van der Waals surface area (Å²) in [5.41, 5.74) is -0.302. The van der Waals surface area contributed by atoms with Gasteiger partial charge in [-0.2, -0.15) is 0 Å². The van der Waals surface area contributed by atoms with Gasteiger partial charge in [0.2, 0.25) is 0 Å². The molecule has 2 atom stereocenters. The molecule has 0 fully saturated rings. The van der Waals surface area contributed by atoms with Gasteiger partial charge in [-0.05, 0) is 62.5 Å². The van der Waals surface area contributed by atoms with Crippen molar-refractivity contribution in [1.29, 1.82) is 0 Å². The highest BCUT2D eigenvalue weighted by atomic mass is 28.4. The molecule has 0 saturated carbocycles. The van der Waals surface area contributed by atoms with Crippen LogP contribution >= 0.6 is 0 Å². The van der Waals surface area contributed by atoms with Crippen molar-refractivity contribution in [2.75, 3.05) is 0 Å². The lowest BCUT2D eigenvalue weighted by Gasteiger charge is -2.42. The average molecular weight is 431 g/mol. The molecule has 0 aliphatic heterocycles. The average Bonchev–Trinajstić information content (AvgIpc) is 2.56. The third-order valence-electron chi connectivity index (χ3n) is 6.64. The summed E-state index contributed by atoms with van der Waals surface area (Å²) in [4.78, 5) is 11.5. The minimum absolute atomic E-state index is 0.0502. The molecule has 1 unspecified atom stereocenters. The van der Waals surface area contributed by atoms with E-state index >= 15 is 0 Å². The highest BCUT2D eigenvalue weighted by Crippen LogP contribution is 2.39. The maximum Gasteiger partial charge on any atom is 0.305 e. The van der Waals surface area contributed by atoms with Crippen LogP contribution in [0.3, 0.4) is 0 Å². The van der Waals surface area contributed by atoms with Crippen molar-refractivity contribution in [1.82, 2.24) is 0 Å². The van der Waals surface area contributed by atoms with Gasteiger partial charge in [0.25, 0.3) is 0 Å². The number of aliphatic carboxylic acids is 1. The third kappa shape index (κ3) is 8.51. The van der Waals surface area contributed by atoms with Gasteiger partial charge in [-0.25, -0.2) is 0 Å². The second kappa shape index (κ2) is 11.1. The fraction of sp³-hybridized carbons (Fsp3) is 0.864. The number of carboxylic acids is 1. The summed E-state index contributed by atoms with van der Waals surface area (Å²) in [5, 5.41) is 9.47. The quantitative estimate of drug-likeness (QED) is 0.238. The molecule has 0 bridgehead atoms. The van der Waals surface area contributed by atoms with Gasteiger partial charge < -0.3 is 14.0 Å². The molecule has 166 valence electrons. The Morgan fingerprint density at radius 2 is 1.61 bits per heavy atom. The molecule has 0 aliphatic carbocycles. The van der Waals surface area contributed by atoms with Crippen molar-refractivity contribution < 1.29 is 18.8 Å². The fourth-order valence-corrected chi connectivity index (χ4v) is 8.00. The van der Waals surface area contributed by atoms with Gasteiger partial charge in [-0.1, -0.05) is 47.6 Å².